The Labute approximate surface area is 51.3 Å². The van der Waals surface area contributed by atoms with Crippen molar-refractivity contribution in [3.05, 3.63) is 0 Å². The Kier molecular flexibility index (Phi) is 2.37. The van der Waals surface area contributed by atoms with Gasteiger partial charge < -0.3 is 5.11 Å². The molecule has 0 rings (SSSR count). The Morgan fingerprint density at radius 1 is 2.00 bits per heavy atom. The summed E-state index contributed by atoms with van der Waals surface area (Å²) >= 11 is 4.74. The Morgan fingerprint density at radius 2 is 2.38 bits per heavy atom. The SMILES string of the molecule is CC(O)(CF)C(=O)Cl. The highest BCUT2D eigenvalue weighted by Gasteiger charge is 2.27. The molecule has 0 bridgehead atoms. The van der Waals surface area contributed by atoms with Gasteiger partial charge in [0.1, 0.15) is 6.67 Å². The molecule has 0 fully saturated rings. The van der Waals surface area contributed by atoms with Crippen LogP contribution in [0.2, 0.25) is 0 Å². The summed E-state index contributed by atoms with van der Waals surface area (Å²) in [7, 11) is 0. The standard InChI is InChI=1S/C4H6ClFO2/c1-4(8,2-6)3(5)7/h8H,2H2,1H3. The van der Waals surface area contributed by atoms with Gasteiger partial charge in [-0.15, -0.1) is 0 Å². The summed E-state index contributed by atoms with van der Waals surface area (Å²) in [5.41, 5.74) is -2.00. The predicted molar refractivity (Wildman–Crippen MR) is 27.5 cm³/mol. The number of carbonyl (C=O) groups excluding carboxylic acids is 1. The van der Waals surface area contributed by atoms with Crippen LogP contribution in [0.1, 0.15) is 6.92 Å². The molecule has 0 saturated heterocycles. The zero-order chi connectivity index (χ0) is 6.78. The minimum Gasteiger partial charge on any atom is -0.378 e. The fourth-order valence-electron chi connectivity index (χ4n) is 0.0525. The first kappa shape index (κ1) is 7.85. The normalized spacial score (nSPS) is 17.5. The monoisotopic (exact) mass is 140 g/mol. The van der Waals surface area contributed by atoms with Gasteiger partial charge >= 0.3 is 0 Å². The molecule has 1 unspecified atom stereocenters. The highest BCUT2D eigenvalue weighted by atomic mass is 35.5. The Balaban J connectivity index is 3.91. The maximum Gasteiger partial charge on any atom is 0.255 e. The zero-order valence-corrected chi connectivity index (χ0v) is 5.07. The van der Waals surface area contributed by atoms with E-state index in [2.05, 4.69) is 0 Å². The molecule has 1 atom stereocenters. The molecule has 0 saturated carbocycles. The van der Waals surface area contributed by atoms with Gasteiger partial charge in [-0.1, -0.05) is 0 Å². The Hall–Kier alpha value is -0.150. The fraction of sp³-hybridized carbons (Fsp3) is 0.750. The second-order valence-electron chi connectivity index (χ2n) is 1.68. The van der Waals surface area contributed by atoms with Crippen molar-refractivity contribution >= 4 is 16.8 Å². The number of hydrogen-bond acceptors (Lipinski definition) is 2. The number of carbonyl (C=O) groups is 1. The van der Waals surface area contributed by atoms with Gasteiger partial charge in [0.2, 0.25) is 0 Å². The van der Waals surface area contributed by atoms with E-state index in [1.54, 1.807) is 0 Å². The lowest BCUT2D eigenvalue weighted by molar-refractivity contribution is -0.128. The maximum atomic E-state index is 11.5. The van der Waals surface area contributed by atoms with Crippen LogP contribution in [0.3, 0.4) is 0 Å². The fourth-order valence-corrected chi connectivity index (χ4v) is 0.103. The van der Waals surface area contributed by atoms with E-state index in [-0.39, 0.29) is 0 Å². The Bertz CT molecular complexity index is 102. The van der Waals surface area contributed by atoms with Crippen molar-refractivity contribution in [2.24, 2.45) is 0 Å². The average molecular weight is 141 g/mol. The molecule has 0 aliphatic heterocycles. The molecule has 0 aliphatic rings. The number of aliphatic hydroxyl groups is 1. The largest absolute Gasteiger partial charge is 0.378 e. The van der Waals surface area contributed by atoms with Crippen molar-refractivity contribution < 1.29 is 14.3 Å². The lowest BCUT2D eigenvalue weighted by Gasteiger charge is -2.11. The van der Waals surface area contributed by atoms with Crippen LogP contribution in [-0.2, 0) is 4.79 Å². The van der Waals surface area contributed by atoms with Gasteiger partial charge in [0.25, 0.3) is 5.24 Å². The van der Waals surface area contributed by atoms with Crippen LogP contribution < -0.4 is 0 Å². The van der Waals surface area contributed by atoms with E-state index >= 15 is 0 Å². The third-order valence-corrected chi connectivity index (χ3v) is 1.09. The molecule has 0 radical (unpaired) electrons. The number of rotatable bonds is 2. The number of alkyl halides is 1. The second-order valence-corrected chi connectivity index (χ2v) is 2.02. The molecule has 0 aromatic rings. The van der Waals surface area contributed by atoms with Crippen LogP contribution in [0.25, 0.3) is 0 Å². The summed E-state index contributed by atoms with van der Waals surface area (Å²) in [4.78, 5) is 9.97. The first-order chi connectivity index (χ1) is 3.50. The van der Waals surface area contributed by atoms with Gasteiger partial charge in [0.15, 0.2) is 5.60 Å². The van der Waals surface area contributed by atoms with Crippen molar-refractivity contribution in [1.29, 1.82) is 0 Å². The third kappa shape index (κ3) is 1.76. The molecule has 0 spiro atoms. The number of halogens is 2. The smallest absolute Gasteiger partial charge is 0.255 e. The molecule has 0 heterocycles. The van der Waals surface area contributed by atoms with Crippen molar-refractivity contribution in [3.63, 3.8) is 0 Å². The molecule has 0 aromatic carbocycles. The first-order valence-corrected chi connectivity index (χ1v) is 2.37. The Morgan fingerprint density at radius 3 is 2.38 bits per heavy atom. The second kappa shape index (κ2) is 2.42. The molecule has 0 aromatic heterocycles. The molecule has 8 heavy (non-hydrogen) atoms. The highest BCUT2D eigenvalue weighted by Crippen LogP contribution is 2.07. The van der Waals surface area contributed by atoms with Gasteiger partial charge in [-0.3, -0.25) is 4.79 Å². The lowest BCUT2D eigenvalue weighted by atomic mass is 10.2. The van der Waals surface area contributed by atoms with Crippen LogP contribution in [0, 0.1) is 0 Å². The predicted octanol–water partition coefficient (Wildman–Crippen LogP) is 0.472. The zero-order valence-electron chi connectivity index (χ0n) is 4.32. The molecule has 2 nitrogen and oxygen atoms in total. The lowest BCUT2D eigenvalue weighted by Crippen LogP contribution is -2.33. The highest BCUT2D eigenvalue weighted by molar-refractivity contribution is 6.65. The topological polar surface area (TPSA) is 37.3 Å². The summed E-state index contributed by atoms with van der Waals surface area (Å²) < 4.78 is 11.5. The summed E-state index contributed by atoms with van der Waals surface area (Å²) in [5.74, 6) is 0. The van der Waals surface area contributed by atoms with Gasteiger partial charge in [-0.05, 0) is 18.5 Å². The molecule has 0 aliphatic carbocycles. The van der Waals surface area contributed by atoms with Crippen LogP contribution in [0.15, 0.2) is 0 Å². The van der Waals surface area contributed by atoms with Gasteiger partial charge in [-0.2, -0.15) is 0 Å². The minimum absolute atomic E-state index is 1.02. The van der Waals surface area contributed by atoms with Crippen molar-refractivity contribution in [2.45, 2.75) is 12.5 Å². The summed E-state index contributed by atoms with van der Waals surface area (Å²) in [6.07, 6.45) is 0. The van der Waals surface area contributed by atoms with Gasteiger partial charge in [-0.25, -0.2) is 4.39 Å². The van der Waals surface area contributed by atoms with E-state index in [0.717, 1.165) is 6.92 Å². The average Bonchev–Trinajstić information content (AvgIpc) is 1.67. The van der Waals surface area contributed by atoms with E-state index in [1.165, 1.54) is 0 Å². The van der Waals surface area contributed by atoms with Gasteiger partial charge in [0.05, 0.1) is 0 Å². The van der Waals surface area contributed by atoms with E-state index in [0.29, 0.717) is 0 Å². The van der Waals surface area contributed by atoms with Crippen LogP contribution >= 0.6 is 11.6 Å². The van der Waals surface area contributed by atoms with Crippen molar-refractivity contribution in [2.75, 3.05) is 6.67 Å². The minimum atomic E-state index is -2.00. The quantitative estimate of drug-likeness (QED) is 0.567. The molecular weight excluding hydrogens is 134 g/mol. The van der Waals surface area contributed by atoms with E-state index in [9.17, 15) is 9.18 Å². The third-order valence-electron chi connectivity index (χ3n) is 0.684. The maximum absolute atomic E-state index is 11.5. The molecule has 4 heteroatoms. The summed E-state index contributed by atoms with van der Waals surface area (Å²) in [5, 5.41) is 7.47. The van der Waals surface area contributed by atoms with Crippen LogP contribution in [0.5, 0.6) is 0 Å². The molecule has 48 valence electrons. The molecular formula is C4H6ClFO2. The molecule has 1 N–H and O–H groups in total. The van der Waals surface area contributed by atoms with E-state index in [1.807, 2.05) is 0 Å². The van der Waals surface area contributed by atoms with E-state index < -0.39 is 17.5 Å². The number of hydrogen-bond donors (Lipinski definition) is 1. The summed E-state index contributed by atoms with van der Waals surface area (Å²) in [6.45, 7) is -0.127. The van der Waals surface area contributed by atoms with Crippen LogP contribution in [-0.4, -0.2) is 22.6 Å². The van der Waals surface area contributed by atoms with Gasteiger partial charge in [0, 0.05) is 0 Å². The van der Waals surface area contributed by atoms with Crippen molar-refractivity contribution in [3.8, 4) is 0 Å². The first-order valence-electron chi connectivity index (χ1n) is 1.99. The van der Waals surface area contributed by atoms with Crippen LogP contribution in [0.4, 0.5) is 4.39 Å². The molecule has 0 amide bonds. The van der Waals surface area contributed by atoms with E-state index in [4.69, 9.17) is 16.7 Å². The van der Waals surface area contributed by atoms with Crippen molar-refractivity contribution in [1.82, 2.24) is 0 Å². The summed E-state index contributed by atoms with van der Waals surface area (Å²) in [6, 6.07) is 0.